The van der Waals surface area contributed by atoms with Gasteiger partial charge in [0.15, 0.2) is 5.82 Å². The number of benzene rings is 2. The van der Waals surface area contributed by atoms with Gasteiger partial charge in [0.2, 0.25) is 11.9 Å². The van der Waals surface area contributed by atoms with Gasteiger partial charge in [-0.25, -0.2) is 0 Å². The van der Waals surface area contributed by atoms with Gasteiger partial charge in [0, 0.05) is 11.6 Å². The summed E-state index contributed by atoms with van der Waals surface area (Å²) < 4.78 is 0. The summed E-state index contributed by atoms with van der Waals surface area (Å²) in [4.78, 5) is 22.4. The highest BCUT2D eigenvalue weighted by molar-refractivity contribution is 5.74. The van der Waals surface area contributed by atoms with Gasteiger partial charge in [-0.2, -0.15) is 15.0 Å². The van der Waals surface area contributed by atoms with Crippen molar-refractivity contribution >= 4 is 29.7 Å². The minimum absolute atomic E-state index is 0.0582. The molecule has 2 aromatic carbocycles. The number of nitrogens with two attached hydrogens (primary N) is 2. The molecule has 0 unspecified atom stereocenters. The van der Waals surface area contributed by atoms with Gasteiger partial charge in [0.05, 0.1) is 10.5 Å². The summed E-state index contributed by atoms with van der Waals surface area (Å²) in [5, 5.41) is 11.0. The van der Waals surface area contributed by atoms with Crippen molar-refractivity contribution in [2.75, 3.05) is 11.5 Å². The Morgan fingerprint density at radius 1 is 0.880 bits per heavy atom. The summed E-state index contributed by atoms with van der Waals surface area (Å²) in [5.41, 5.74) is 13.3. The maximum atomic E-state index is 11.0. The second-order valence-electron chi connectivity index (χ2n) is 5.15. The lowest BCUT2D eigenvalue weighted by Gasteiger charge is -2.03. The molecule has 0 atom stereocenters. The number of hydrogen-bond acceptors (Lipinski definition) is 7. The first-order chi connectivity index (χ1) is 12.0. The van der Waals surface area contributed by atoms with Gasteiger partial charge in [0.25, 0.3) is 5.69 Å². The molecule has 0 saturated carbocycles. The van der Waals surface area contributed by atoms with E-state index < -0.39 is 4.92 Å². The van der Waals surface area contributed by atoms with E-state index >= 15 is 0 Å². The monoisotopic (exact) mass is 334 g/mol. The molecule has 8 nitrogen and oxygen atoms in total. The second kappa shape index (κ2) is 6.75. The van der Waals surface area contributed by atoms with E-state index in [0.29, 0.717) is 11.4 Å². The predicted octanol–water partition coefficient (Wildman–Crippen LogP) is 2.78. The molecule has 124 valence electrons. The minimum Gasteiger partial charge on any atom is -0.368 e. The van der Waals surface area contributed by atoms with E-state index in [9.17, 15) is 10.1 Å². The topological polar surface area (TPSA) is 134 Å². The SMILES string of the molecule is Nc1nc(N)nc(-c2ccc(C=Cc3ccccc3[N+](=O)[O-])cc2)n1. The fraction of sp³-hybridized carbons (Fsp3) is 0. The van der Waals surface area contributed by atoms with Crippen LogP contribution >= 0.6 is 0 Å². The van der Waals surface area contributed by atoms with Gasteiger partial charge in [-0.15, -0.1) is 0 Å². The van der Waals surface area contributed by atoms with Crippen molar-refractivity contribution in [3.05, 3.63) is 69.8 Å². The molecule has 1 heterocycles. The Labute approximate surface area is 143 Å². The first-order valence-corrected chi connectivity index (χ1v) is 7.32. The highest BCUT2D eigenvalue weighted by Crippen LogP contribution is 2.21. The third-order valence-electron chi connectivity index (χ3n) is 3.43. The minimum atomic E-state index is -0.404. The predicted molar refractivity (Wildman–Crippen MR) is 96.1 cm³/mol. The Kier molecular flexibility index (Phi) is 4.34. The Balaban J connectivity index is 1.85. The van der Waals surface area contributed by atoms with E-state index in [4.69, 9.17) is 11.5 Å². The van der Waals surface area contributed by atoms with Gasteiger partial charge in [0.1, 0.15) is 0 Å². The summed E-state index contributed by atoms with van der Waals surface area (Å²) in [5.74, 6) is 0.505. The summed E-state index contributed by atoms with van der Waals surface area (Å²) >= 11 is 0. The van der Waals surface area contributed by atoms with E-state index in [1.165, 1.54) is 6.07 Å². The smallest absolute Gasteiger partial charge is 0.276 e. The summed E-state index contributed by atoms with van der Waals surface area (Å²) in [6, 6.07) is 13.9. The lowest BCUT2D eigenvalue weighted by molar-refractivity contribution is -0.385. The molecule has 25 heavy (non-hydrogen) atoms. The highest BCUT2D eigenvalue weighted by atomic mass is 16.6. The molecular weight excluding hydrogens is 320 g/mol. The summed E-state index contributed by atoms with van der Waals surface area (Å²) in [7, 11) is 0. The third kappa shape index (κ3) is 3.75. The van der Waals surface area contributed by atoms with E-state index in [1.807, 2.05) is 24.3 Å². The Bertz CT molecular complexity index is 933. The van der Waals surface area contributed by atoms with E-state index in [0.717, 1.165) is 11.1 Å². The molecule has 0 aliphatic rings. The van der Waals surface area contributed by atoms with Gasteiger partial charge in [-0.3, -0.25) is 10.1 Å². The first kappa shape index (κ1) is 16.1. The quantitative estimate of drug-likeness (QED) is 0.425. The molecule has 0 fully saturated rings. The molecule has 0 spiro atoms. The molecule has 3 rings (SSSR count). The number of nitro groups is 1. The summed E-state index contributed by atoms with van der Waals surface area (Å²) in [6.07, 6.45) is 3.49. The lowest BCUT2D eigenvalue weighted by atomic mass is 10.1. The largest absolute Gasteiger partial charge is 0.368 e. The van der Waals surface area contributed by atoms with Crippen LogP contribution in [0, 0.1) is 10.1 Å². The maximum Gasteiger partial charge on any atom is 0.276 e. The normalized spacial score (nSPS) is 10.9. The van der Waals surface area contributed by atoms with Gasteiger partial charge in [-0.1, -0.05) is 42.5 Å². The zero-order chi connectivity index (χ0) is 17.8. The Hall–Kier alpha value is -3.81. The zero-order valence-electron chi connectivity index (χ0n) is 13.0. The molecule has 0 aliphatic carbocycles. The van der Waals surface area contributed by atoms with Gasteiger partial charge < -0.3 is 11.5 Å². The van der Waals surface area contributed by atoms with Gasteiger partial charge in [-0.05, 0) is 17.7 Å². The van der Waals surface area contributed by atoms with Crippen molar-refractivity contribution in [2.24, 2.45) is 0 Å². The molecule has 4 N–H and O–H groups in total. The fourth-order valence-electron chi connectivity index (χ4n) is 2.26. The molecule has 8 heteroatoms. The maximum absolute atomic E-state index is 11.0. The van der Waals surface area contributed by atoms with Crippen LogP contribution in [0.2, 0.25) is 0 Å². The van der Waals surface area contributed by atoms with Crippen LogP contribution in [0.25, 0.3) is 23.5 Å². The van der Waals surface area contributed by atoms with Crippen LogP contribution in [-0.4, -0.2) is 19.9 Å². The van der Waals surface area contributed by atoms with E-state index in [1.54, 1.807) is 30.4 Å². The van der Waals surface area contributed by atoms with Gasteiger partial charge >= 0.3 is 0 Å². The number of hydrogen-bond donors (Lipinski definition) is 2. The van der Waals surface area contributed by atoms with Crippen molar-refractivity contribution < 1.29 is 4.92 Å². The number of para-hydroxylation sites is 1. The molecule has 0 bridgehead atoms. The number of nitrogen functional groups attached to an aromatic ring is 2. The number of rotatable bonds is 4. The standard InChI is InChI=1S/C17H14N6O2/c18-16-20-15(21-17(19)22-16)13-9-6-11(7-10-13)5-8-12-3-1-2-4-14(12)23(24)25/h1-10H,(H4,18,19,20,21,22). The molecule has 1 aromatic heterocycles. The fourth-order valence-corrected chi connectivity index (χ4v) is 2.26. The zero-order valence-corrected chi connectivity index (χ0v) is 13.0. The van der Waals surface area contributed by atoms with Crippen LogP contribution in [0.5, 0.6) is 0 Å². The highest BCUT2D eigenvalue weighted by Gasteiger charge is 2.09. The Morgan fingerprint density at radius 3 is 2.16 bits per heavy atom. The molecular formula is C17H14N6O2. The molecule has 0 aliphatic heterocycles. The van der Waals surface area contributed by atoms with Crippen molar-refractivity contribution in [2.45, 2.75) is 0 Å². The van der Waals surface area contributed by atoms with Crippen molar-refractivity contribution in [1.82, 2.24) is 15.0 Å². The van der Waals surface area contributed by atoms with Crippen LogP contribution in [0.3, 0.4) is 0 Å². The first-order valence-electron chi connectivity index (χ1n) is 7.32. The van der Waals surface area contributed by atoms with Crippen molar-refractivity contribution in [3.8, 4) is 11.4 Å². The number of nitro benzene ring substituents is 1. The van der Waals surface area contributed by atoms with Crippen LogP contribution in [-0.2, 0) is 0 Å². The number of aromatic nitrogens is 3. The van der Waals surface area contributed by atoms with Crippen molar-refractivity contribution in [3.63, 3.8) is 0 Å². The van der Waals surface area contributed by atoms with Crippen LogP contribution < -0.4 is 11.5 Å². The lowest BCUT2D eigenvalue weighted by Crippen LogP contribution is -2.04. The number of nitrogens with zero attached hydrogens (tertiary/aromatic N) is 4. The summed E-state index contributed by atoms with van der Waals surface area (Å²) in [6.45, 7) is 0. The van der Waals surface area contributed by atoms with Crippen LogP contribution in [0.4, 0.5) is 17.6 Å². The van der Waals surface area contributed by atoms with Crippen LogP contribution in [0.1, 0.15) is 11.1 Å². The van der Waals surface area contributed by atoms with Crippen molar-refractivity contribution in [1.29, 1.82) is 0 Å². The molecule has 3 aromatic rings. The average Bonchev–Trinajstić information content (AvgIpc) is 2.60. The molecule has 0 saturated heterocycles. The number of anilines is 2. The Morgan fingerprint density at radius 2 is 1.52 bits per heavy atom. The van der Waals surface area contributed by atoms with E-state index in [2.05, 4.69) is 15.0 Å². The second-order valence-corrected chi connectivity index (χ2v) is 5.15. The van der Waals surface area contributed by atoms with E-state index in [-0.39, 0.29) is 17.6 Å². The molecule has 0 radical (unpaired) electrons. The third-order valence-corrected chi connectivity index (χ3v) is 3.43. The average molecular weight is 334 g/mol. The molecule has 0 amide bonds. The van der Waals surface area contributed by atoms with Crippen LogP contribution in [0.15, 0.2) is 48.5 Å².